The summed E-state index contributed by atoms with van der Waals surface area (Å²) < 4.78 is 24.8. The average molecular weight is 198 g/mol. The minimum absolute atomic E-state index is 0.102. The molecule has 0 amide bonds. The van der Waals surface area contributed by atoms with Crippen LogP contribution >= 0.6 is 0 Å². The van der Waals surface area contributed by atoms with Crippen LogP contribution in [0.4, 0.5) is 8.78 Å². The molecule has 0 spiro atoms. The first-order valence-corrected chi connectivity index (χ1v) is 3.89. The fourth-order valence-electron chi connectivity index (χ4n) is 1.12. The van der Waals surface area contributed by atoms with E-state index in [2.05, 4.69) is 4.98 Å². The van der Waals surface area contributed by atoms with Crippen LogP contribution in [0.2, 0.25) is 0 Å². The van der Waals surface area contributed by atoms with E-state index < -0.39 is 12.1 Å². The molecule has 0 aromatic carbocycles. The lowest BCUT2D eigenvalue weighted by Crippen LogP contribution is -2.02. The van der Waals surface area contributed by atoms with Crippen LogP contribution in [0, 0.1) is 18.3 Å². The van der Waals surface area contributed by atoms with Crippen LogP contribution in [0.3, 0.4) is 0 Å². The summed E-state index contributed by atoms with van der Waals surface area (Å²) in [6.07, 6.45) is -2.73. The van der Waals surface area contributed by atoms with Crippen molar-refractivity contribution in [3.8, 4) is 6.07 Å². The second kappa shape index (κ2) is 4.11. The zero-order valence-corrected chi connectivity index (χ0v) is 7.46. The van der Waals surface area contributed by atoms with Crippen LogP contribution in [-0.2, 0) is 6.61 Å². The van der Waals surface area contributed by atoms with E-state index in [4.69, 9.17) is 10.4 Å². The second-order valence-electron chi connectivity index (χ2n) is 2.75. The van der Waals surface area contributed by atoms with Crippen molar-refractivity contribution in [2.24, 2.45) is 0 Å². The lowest BCUT2D eigenvalue weighted by atomic mass is 10.1. The highest BCUT2D eigenvalue weighted by Gasteiger charge is 2.16. The number of aliphatic hydroxyl groups excluding tert-OH is 1. The zero-order valence-electron chi connectivity index (χ0n) is 7.46. The van der Waals surface area contributed by atoms with Gasteiger partial charge in [0.1, 0.15) is 17.5 Å². The molecule has 0 bridgehead atoms. The van der Waals surface area contributed by atoms with Gasteiger partial charge in [-0.2, -0.15) is 5.26 Å². The average Bonchev–Trinajstić information content (AvgIpc) is 2.17. The fourth-order valence-corrected chi connectivity index (χ4v) is 1.12. The molecule has 5 heteroatoms. The molecule has 3 nitrogen and oxygen atoms in total. The van der Waals surface area contributed by atoms with Gasteiger partial charge in [0.25, 0.3) is 6.43 Å². The molecule has 1 heterocycles. The standard InChI is InChI=1S/C9H8F2N2O/c1-5-6(4-14)2-7(3-12)13-8(5)9(10)11/h2,9,14H,4H2,1H3. The Labute approximate surface area is 79.6 Å². The Kier molecular flexibility index (Phi) is 3.10. The maximum atomic E-state index is 12.4. The largest absolute Gasteiger partial charge is 0.392 e. The molecule has 0 aliphatic carbocycles. The van der Waals surface area contributed by atoms with Gasteiger partial charge >= 0.3 is 0 Å². The van der Waals surface area contributed by atoms with Gasteiger partial charge in [-0.1, -0.05) is 0 Å². The van der Waals surface area contributed by atoms with Gasteiger partial charge in [-0.15, -0.1) is 0 Å². The highest BCUT2D eigenvalue weighted by Crippen LogP contribution is 2.23. The molecule has 0 saturated carbocycles. The van der Waals surface area contributed by atoms with Gasteiger partial charge < -0.3 is 5.11 Å². The van der Waals surface area contributed by atoms with E-state index in [1.165, 1.54) is 13.0 Å². The van der Waals surface area contributed by atoms with Gasteiger partial charge in [0.15, 0.2) is 0 Å². The number of alkyl halides is 2. The van der Waals surface area contributed by atoms with Crippen molar-refractivity contribution in [3.05, 3.63) is 28.6 Å². The maximum absolute atomic E-state index is 12.4. The highest BCUT2D eigenvalue weighted by atomic mass is 19.3. The molecule has 0 radical (unpaired) electrons. The molecule has 0 fully saturated rings. The number of nitriles is 1. The fraction of sp³-hybridized carbons (Fsp3) is 0.333. The van der Waals surface area contributed by atoms with E-state index >= 15 is 0 Å². The Bertz CT molecular complexity index is 385. The van der Waals surface area contributed by atoms with E-state index in [0.29, 0.717) is 5.56 Å². The SMILES string of the molecule is Cc1c(CO)cc(C#N)nc1C(F)F. The lowest BCUT2D eigenvalue weighted by Gasteiger charge is -2.08. The second-order valence-corrected chi connectivity index (χ2v) is 2.75. The molecule has 0 aliphatic heterocycles. The van der Waals surface area contributed by atoms with Crippen molar-refractivity contribution in [2.75, 3.05) is 0 Å². The predicted molar refractivity (Wildman–Crippen MR) is 44.6 cm³/mol. The number of pyridine rings is 1. The summed E-state index contributed by atoms with van der Waals surface area (Å²) >= 11 is 0. The molecular weight excluding hydrogens is 190 g/mol. The van der Waals surface area contributed by atoms with E-state index in [1.54, 1.807) is 6.07 Å². The van der Waals surface area contributed by atoms with E-state index in [1.807, 2.05) is 0 Å². The van der Waals surface area contributed by atoms with Crippen LogP contribution in [0.1, 0.15) is 28.9 Å². The summed E-state index contributed by atoms with van der Waals surface area (Å²) in [5.74, 6) is 0. The summed E-state index contributed by atoms with van der Waals surface area (Å²) in [6.45, 7) is 1.07. The van der Waals surface area contributed by atoms with Gasteiger partial charge in [-0.25, -0.2) is 13.8 Å². The smallest absolute Gasteiger partial charge is 0.280 e. The zero-order chi connectivity index (χ0) is 10.7. The summed E-state index contributed by atoms with van der Waals surface area (Å²) in [7, 11) is 0. The quantitative estimate of drug-likeness (QED) is 0.786. The molecule has 1 aromatic heterocycles. The number of aliphatic hydroxyl groups is 1. The van der Waals surface area contributed by atoms with Crippen molar-refractivity contribution in [1.82, 2.24) is 4.98 Å². The molecular formula is C9H8F2N2O. The van der Waals surface area contributed by atoms with Crippen molar-refractivity contribution >= 4 is 0 Å². The first kappa shape index (κ1) is 10.5. The molecule has 1 N–H and O–H groups in total. The van der Waals surface area contributed by atoms with Crippen molar-refractivity contribution < 1.29 is 13.9 Å². The number of hydrogen-bond donors (Lipinski definition) is 1. The minimum Gasteiger partial charge on any atom is -0.392 e. The third-order valence-electron chi connectivity index (χ3n) is 1.91. The Morgan fingerprint density at radius 3 is 2.71 bits per heavy atom. The van der Waals surface area contributed by atoms with Crippen LogP contribution < -0.4 is 0 Å². The predicted octanol–water partition coefficient (Wildman–Crippen LogP) is 1.69. The maximum Gasteiger partial charge on any atom is 0.280 e. The van der Waals surface area contributed by atoms with Gasteiger partial charge in [0.05, 0.1) is 6.61 Å². The minimum atomic E-state index is -2.73. The Morgan fingerprint density at radius 1 is 1.64 bits per heavy atom. The van der Waals surface area contributed by atoms with Crippen molar-refractivity contribution in [1.29, 1.82) is 5.26 Å². The number of rotatable bonds is 2. The Balaban J connectivity index is 3.36. The third kappa shape index (κ3) is 1.86. The van der Waals surface area contributed by atoms with Crippen molar-refractivity contribution in [2.45, 2.75) is 20.0 Å². The molecule has 74 valence electrons. The van der Waals surface area contributed by atoms with E-state index in [-0.39, 0.29) is 17.9 Å². The monoisotopic (exact) mass is 198 g/mol. The van der Waals surface area contributed by atoms with Gasteiger partial charge in [-0.3, -0.25) is 0 Å². The molecule has 0 unspecified atom stereocenters. The van der Waals surface area contributed by atoms with Crippen molar-refractivity contribution in [3.63, 3.8) is 0 Å². The van der Waals surface area contributed by atoms with Gasteiger partial charge in [0, 0.05) is 0 Å². The summed E-state index contributed by atoms with van der Waals surface area (Å²) in [5.41, 5.74) is 0.0106. The third-order valence-corrected chi connectivity index (χ3v) is 1.91. The number of halogens is 2. The molecule has 0 saturated heterocycles. The molecule has 0 atom stereocenters. The van der Waals surface area contributed by atoms with Gasteiger partial charge in [0.2, 0.25) is 0 Å². The molecule has 0 aliphatic rings. The van der Waals surface area contributed by atoms with Crippen LogP contribution in [0.15, 0.2) is 6.07 Å². The first-order valence-electron chi connectivity index (χ1n) is 3.89. The van der Waals surface area contributed by atoms with E-state index in [9.17, 15) is 8.78 Å². The van der Waals surface area contributed by atoms with E-state index in [0.717, 1.165) is 0 Å². The van der Waals surface area contributed by atoms with Crippen LogP contribution in [-0.4, -0.2) is 10.1 Å². The van der Waals surface area contributed by atoms with Crippen LogP contribution in [0.5, 0.6) is 0 Å². The molecule has 1 aromatic rings. The van der Waals surface area contributed by atoms with Gasteiger partial charge in [-0.05, 0) is 24.1 Å². The molecule has 14 heavy (non-hydrogen) atoms. The number of nitrogens with zero attached hydrogens (tertiary/aromatic N) is 2. The van der Waals surface area contributed by atoms with Crippen LogP contribution in [0.25, 0.3) is 0 Å². The highest BCUT2D eigenvalue weighted by molar-refractivity contribution is 5.36. The lowest BCUT2D eigenvalue weighted by molar-refractivity contribution is 0.144. The first-order chi connectivity index (χ1) is 6.60. The summed E-state index contributed by atoms with van der Waals surface area (Å²) in [5, 5.41) is 17.4. The Morgan fingerprint density at radius 2 is 2.29 bits per heavy atom. The summed E-state index contributed by atoms with van der Waals surface area (Å²) in [4.78, 5) is 3.48. The molecule has 1 rings (SSSR count). The normalized spacial score (nSPS) is 10.3. The number of hydrogen-bond acceptors (Lipinski definition) is 3. The topological polar surface area (TPSA) is 56.9 Å². The Hall–Kier alpha value is -1.54. The summed E-state index contributed by atoms with van der Waals surface area (Å²) in [6, 6.07) is 2.98. The number of aromatic nitrogens is 1.